The number of aromatic nitrogens is 2. The third-order valence-electron chi connectivity index (χ3n) is 4.53. The number of H-pyrrole nitrogens is 1. The maximum atomic E-state index is 12.5. The molecule has 1 aliphatic carbocycles. The van der Waals surface area contributed by atoms with Crippen LogP contribution in [0.25, 0.3) is 0 Å². The highest BCUT2D eigenvalue weighted by molar-refractivity contribution is 5.95. The van der Waals surface area contributed by atoms with Crippen molar-refractivity contribution in [2.45, 2.75) is 58.4 Å². The van der Waals surface area contributed by atoms with Gasteiger partial charge >= 0.3 is 0 Å². The maximum Gasteiger partial charge on any atom is 0.277 e. The Hall–Kier alpha value is -1.69. The summed E-state index contributed by atoms with van der Waals surface area (Å²) in [7, 11) is 0. The van der Waals surface area contributed by atoms with Crippen LogP contribution in [0, 0.1) is 5.92 Å². The molecule has 1 aromatic rings. The maximum absolute atomic E-state index is 12.5. The SMILES string of the molecule is CCc1n[nH]c(=O)c(C(=O)NC2CCC(CO)CC2)c1CC. The Bertz CT molecular complexity index is 574. The van der Waals surface area contributed by atoms with Crippen molar-refractivity contribution in [1.82, 2.24) is 15.5 Å². The Labute approximate surface area is 130 Å². The van der Waals surface area contributed by atoms with Gasteiger partial charge in [0.25, 0.3) is 11.5 Å². The summed E-state index contributed by atoms with van der Waals surface area (Å²) < 4.78 is 0. The van der Waals surface area contributed by atoms with Crippen molar-refractivity contribution in [2.75, 3.05) is 6.61 Å². The molecule has 3 N–H and O–H groups in total. The van der Waals surface area contributed by atoms with Crippen LogP contribution in [0.1, 0.15) is 61.1 Å². The number of amides is 1. The molecule has 1 aromatic heterocycles. The molecule has 1 saturated carbocycles. The van der Waals surface area contributed by atoms with Gasteiger partial charge in [-0.15, -0.1) is 0 Å². The van der Waals surface area contributed by atoms with Crippen LogP contribution in [0.2, 0.25) is 0 Å². The molecule has 0 spiro atoms. The van der Waals surface area contributed by atoms with E-state index in [9.17, 15) is 9.59 Å². The molecule has 0 unspecified atom stereocenters. The predicted molar refractivity (Wildman–Crippen MR) is 83.9 cm³/mol. The van der Waals surface area contributed by atoms with Gasteiger partial charge in [0.15, 0.2) is 0 Å². The van der Waals surface area contributed by atoms with E-state index in [0.717, 1.165) is 36.9 Å². The molecule has 1 heterocycles. The molecule has 6 nitrogen and oxygen atoms in total. The van der Waals surface area contributed by atoms with Crippen molar-refractivity contribution in [3.8, 4) is 0 Å². The molecule has 1 amide bonds. The van der Waals surface area contributed by atoms with Gasteiger partial charge in [0, 0.05) is 12.6 Å². The lowest BCUT2D eigenvalue weighted by molar-refractivity contribution is 0.0911. The molecule has 6 heteroatoms. The fourth-order valence-electron chi connectivity index (χ4n) is 3.18. The number of nitrogens with one attached hydrogen (secondary N) is 2. The summed E-state index contributed by atoms with van der Waals surface area (Å²) in [6.07, 6.45) is 4.82. The van der Waals surface area contributed by atoms with Crippen LogP contribution >= 0.6 is 0 Å². The lowest BCUT2D eigenvalue weighted by Gasteiger charge is -2.28. The lowest BCUT2D eigenvalue weighted by Crippen LogP contribution is -2.41. The molecule has 0 radical (unpaired) electrons. The number of hydrogen-bond donors (Lipinski definition) is 3. The predicted octanol–water partition coefficient (Wildman–Crippen LogP) is 1.18. The van der Waals surface area contributed by atoms with Gasteiger partial charge in [-0.05, 0) is 50.0 Å². The number of carbonyl (C=O) groups excluding carboxylic acids is 1. The topological polar surface area (TPSA) is 95.1 Å². The number of aromatic amines is 1. The van der Waals surface area contributed by atoms with Crippen LogP contribution in [0.15, 0.2) is 4.79 Å². The molecule has 0 saturated heterocycles. The summed E-state index contributed by atoms with van der Waals surface area (Å²) in [6, 6.07) is 0.0812. The van der Waals surface area contributed by atoms with E-state index in [1.807, 2.05) is 13.8 Å². The van der Waals surface area contributed by atoms with Gasteiger partial charge in [0.1, 0.15) is 5.56 Å². The van der Waals surface area contributed by atoms with Crippen LogP contribution in [0.4, 0.5) is 0 Å². The summed E-state index contributed by atoms with van der Waals surface area (Å²) in [6.45, 7) is 4.10. The highest BCUT2D eigenvalue weighted by atomic mass is 16.3. The van der Waals surface area contributed by atoms with E-state index in [1.165, 1.54) is 0 Å². The van der Waals surface area contributed by atoms with Gasteiger partial charge in [-0.1, -0.05) is 13.8 Å². The Morgan fingerprint density at radius 3 is 2.50 bits per heavy atom. The summed E-state index contributed by atoms with van der Waals surface area (Å²) in [5.74, 6) is 0.0398. The minimum Gasteiger partial charge on any atom is -0.396 e. The third kappa shape index (κ3) is 3.55. The molecule has 22 heavy (non-hydrogen) atoms. The Kier molecular flexibility index (Phi) is 5.71. The zero-order chi connectivity index (χ0) is 16.1. The fourth-order valence-corrected chi connectivity index (χ4v) is 3.18. The molecular formula is C16H25N3O3. The van der Waals surface area contributed by atoms with Crippen LogP contribution < -0.4 is 10.9 Å². The van der Waals surface area contributed by atoms with Gasteiger partial charge in [-0.3, -0.25) is 9.59 Å². The van der Waals surface area contributed by atoms with Gasteiger partial charge in [0.2, 0.25) is 0 Å². The van der Waals surface area contributed by atoms with Gasteiger partial charge in [-0.2, -0.15) is 5.10 Å². The van der Waals surface area contributed by atoms with Gasteiger partial charge < -0.3 is 10.4 Å². The van der Waals surface area contributed by atoms with Crippen molar-refractivity contribution in [1.29, 1.82) is 0 Å². The summed E-state index contributed by atoms with van der Waals surface area (Å²) >= 11 is 0. The Morgan fingerprint density at radius 2 is 1.95 bits per heavy atom. The zero-order valence-electron chi connectivity index (χ0n) is 13.3. The van der Waals surface area contributed by atoms with E-state index in [4.69, 9.17) is 5.11 Å². The molecule has 0 bridgehead atoms. The average Bonchev–Trinajstić information content (AvgIpc) is 2.54. The molecular weight excluding hydrogens is 282 g/mol. The van der Waals surface area contributed by atoms with E-state index < -0.39 is 5.56 Å². The Morgan fingerprint density at radius 1 is 1.27 bits per heavy atom. The second-order valence-corrected chi connectivity index (χ2v) is 5.93. The minimum atomic E-state index is -0.421. The summed E-state index contributed by atoms with van der Waals surface area (Å²) in [5.41, 5.74) is 1.30. The summed E-state index contributed by atoms with van der Waals surface area (Å²) in [5, 5.41) is 18.6. The second kappa shape index (κ2) is 7.54. The average molecular weight is 307 g/mol. The quantitative estimate of drug-likeness (QED) is 0.761. The molecule has 1 fully saturated rings. The standard InChI is InChI=1S/C16H25N3O3/c1-3-12-13(4-2)18-19-16(22)14(12)15(21)17-11-7-5-10(9-20)6-8-11/h10-11,20H,3-9H2,1-2H3,(H,17,21)(H,19,22). The van der Waals surface area contributed by atoms with Crippen molar-refractivity contribution in [2.24, 2.45) is 5.92 Å². The monoisotopic (exact) mass is 307 g/mol. The third-order valence-corrected chi connectivity index (χ3v) is 4.53. The van der Waals surface area contributed by atoms with E-state index in [1.54, 1.807) is 0 Å². The first-order valence-corrected chi connectivity index (χ1v) is 8.12. The van der Waals surface area contributed by atoms with E-state index in [0.29, 0.717) is 18.8 Å². The largest absolute Gasteiger partial charge is 0.396 e. The van der Waals surface area contributed by atoms with Crippen LogP contribution in [-0.2, 0) is 12.8 Å². The molecule has 1 aliphatic rings. The van der Waals surface area contributed by atoms with E-state index >= 15 is 0 Å². The molecule has 0 aromatic carbocycles. The minimum absolute atomic E-state index is 0.0812. The first kappa shape index (κ1) is 16.7. The first-order chi connectivity index (χ1) is 10.6. The number of rotatable bonds is 5. The van der Waals surface area contributed by atoms with Crippen molar-refractivity contribution < 1.29 is 9.90 Å². The van der Waals surface area contributed by atoms with Crippen molar-refractivity contribution >= 4 is 5.91 Å². The van der Waals surface area contributed by atoms with Crippen LogP contribution in [0.3, 0.4) is 0 Å². The molecule has 0 aliphatic heterocycles. The number of carbonyl (C=O) groups is 1. The van der Waals surface area contributed by atoms with Crippen LogP contribution in [-0.4, -0.2) is 33.9 Å². The number of hydrogen-bond acceptors (Lipinski definition) is 4. The zero-order valence-corrected chi connectivity index (χ0v) is 13.3. The van der Waals surface area contributed by atoms with Crippen LogP contribution in [0.5, 0.6) is 0 Å². The number of aliphatic hydroxyl groups is 1. The van der Waals surface area contributed by atoms with Gasteiger partial charge in [-0.25, -0.2) is 5.10 Å². The van der Waals surface area contributed by atoms with Crippen molar-refractivity contribution in [3.05, 3.63) is 27.2 Å². The van der Waals surface area contributed by atoms with Crippen molar-refractivity contribution in [3.63, 3.8) is 0 Å². The first-order valence-electron chi connectivity index (χ1n) is 8.12. The molecule has 0 atom stereocenters. The second-order valence-electron chi connectivity index (χ2n) is 5.93. The van der Waals surface area contributed by atoms with Gasteiger partial charge in [0.05, 0.1) is 5.69 Å². The number of nitrogens with zero attached hydrogens (tertiary/aromatic N) is 1. The highest BCUT2D eigenvalue weighted by Gasteiger charge is 2.25. The smallest absolute Gasteiger partial charge is 0.277 e. The normalized spacial score (nSPS) is 21.6. The van der Waals surface area contributed by atoms with E-state index in [2.05, 4.69) is 15.5 Å². The fraction of sp³-hybridized carbons (Fsp3) is 0.688. The molecule has 2 rings (SSSR count). The Balaban J connectivity index is 2.15. The number of aliphatic hydroxyl groups excluding tert-OH is 1. The highest BCUT2D eigenvalue weighted by Crippen LogP contribution is 2.24. The number of aryl methyl sites for hydroxylation is 1. The molecule has 122 valence electrons. The lowest BCUT2D eigenvalue weighted by atomic mass is 9.86. The van der Waals surface area contributed by atoms with E-state index in [-0.39, 0.29) is 24.1 Å². The summed E-state index contributed by atoms with van der Waals surface area (Å²) in [4.78, 5) is 24.6.